The van der Waals surface area contributed by atoms with Crippen molar-refractivity contribution in [2.24, 2.45) is 0 Å². The number of ether oxygens (including phenoxy) is 1. The van der Waals surface area contributed by atoms with Crippen LogP contribution in [-0.2, 0) is 9.59 Å². The summed E-state index contributed by atoms with van der Waals surface area (Å²) in [6.07, 6.45) is 0.250. The fourth-order valence-electron chi connectivity index (χ4n) is 2.76. The first-order chi connectivity index (χ1) is 13.4. The number of benzene rings is 2. The topological polar surface area (TPSA) is 84.5 Å². The van der Waals surface area contributed by atoms with E-state index < -0.39 is 0 Å². The lowest BCUT2D eigenvalue weighted by Crippen LogP contribution is -2.27. The lowest BCUT2D eigenvalue weighted by Gasteiger charge is -2.15. The summed E-state index contributed by atoms with van der Waals surface area (Å²) in [4.78, 5) is 35.6. The number of Topliss-reactive ketones (excluding diaryl/α,β-unsaturated/α-hetero) is 1. The van der Waals surface area contributed by atoms with Crippen molar-refractivity contribution in [1.29, 1.82) is 0 Å². The van der Waals surface area contributed by atoms with Gasteiger partial charge in [0.1, 0.15) is 5.75 Å². The van der Waals surface area contributed by atoms with Gasteiger partial charge in [-0.05, 0) is 55.8 Å². The first kappa shape index (κ1) is 21.2. The van der Waals surface area contributed by atoms with E-state index in [1.807, 2.05) is 32.0 Å². The van der Waals surface area contributed by atoms with Gasteiger partial charge in [-0.3, -0.25) is 14.4 Å². The Kier molecular flexibility index (Phi) is 7.75. The molecule has 0 aliphatic carbocycles. The molecule has 0 heterocycles. The maximum absolute atomic E-state index is 12.3. The zero-order valence-corrected chi connectivity index (χ0v) is 16.5. The summed E-state index contributed by atoms with van der Waals surface area (Å²) in [6, 6.07) is 14.0. The predicted octanol–water partition coefficient (Wildman–Crippen LogP) is 3.88. The van der Waals surface area contributed by atoms with Crippen molar-refractivity contribution in [2.75, 3.05) is 11.9 Å². The third-order valence-electron chi connectivity index (χ3n) is 4.15. The number of hydrogen-bond acceptors (Lipinski definition) is 4. The Morgan fingerprint density at radius 1 is 1.04 bits per heavy atom. The number of rotatable bonds is 9. The van der Waals surface area contributed by atoms with Crippen LogP contribution < -0.4 is 15.4 Å². The van der Waals surface area contributed by atoms with E-state index in [0.717, 1.165) is 5.56 Å². The van der Waals surface area contributed by atoms with Crippen LogP contribution in [0.3, 0.4) is 0 Å². The van der Waals surface area contributed by atoms with Gasteiger partial charge in [0.25, 0.3) is 0 Å². The average Bonchev–Trinajstić information content (AvgIpc) is 2.66. The molecule has 2 aromatic carbocycles. The van der Waals surface area contributed by atoms with Gasteiger partial charge in [-0.1, -0.05) is 12.1 Å². The second kappa shape index (κ2) is 10.3. The molecule has 2 aromatic rings. The highest BCUT2D eigenvalue weighted by molar-refractivity contribution is 5.98. The molecule has 2 N–H and O–H groups in total. The lowest BCUT2D eigenvalue weighted by molar-refractivity contribution is -0.121. The van der Waals surface area contributed by atoms with Gasteiger partial charge in [-0.15, -0.1) is 0 Å². The number of carbonyl (C=O) groups excluding carboxylic acids is 3. The molecule has 2 amide bonds. The van der Waals surface area contributed by atoms with Crippen LogP contribution in [0.1, 0.15) is 55.6 Å². The second-order valence-corrected chi connectivity index (χ2v) is 6.48. The zero-order valence-electron chi connectivity index (χ0n) is 16.5. The second-order valence-electron chi connectivity index (χ2n) is 6.48. The van der Waals surface area contributed by atoms with Gasteiger partial charge >= 0.3 is 0 Å². The van der Waals surface area contributed by atoms with E-state index in [9.17, 15) is 14.4 Å². The van der Waals surface area contributed by atoms with Crippen LogP contribution in [0.4, 0.5) is 5.69 Å². The van der Waals surface area contributed by atoms with E-state index in [1.54, 1.807) is 30.3 Å². The normalized spacial score (nSPS) is 11.4. The van der Waals surface area contributed by atoms with Crippen molar-refractivity contribution >= 4 is 23.3 Å². The van der Waals surface area contributed by atoms with Crippen LogP contribution >= 0.6 is 0 Å². The van der Waals surface area contributed by atoms with Crippen LogP contribution in [-0.4, -0.2) is 24.2 Å². The molecule has 0 saturated carbocycles. The van der Waals surface area contributed by atoms with E-state index in [4.69, 9.17) is 4.74 Å². The summed E-state index contributed by atoms with van der Waals surface area (Å²) in [7, 11) is 0. The van der Waals surface area contributed by atoms with E-state index in [0.29, 0.717) is 23.6 Å². The summed E-state index contributed by atoms with van der Waals surface area (Å²) in [5.74, 6) is 0.281. The number of nitrogens with one attached hydrogen (secondary N) is 2. The highest BCUT2D eigenvalue weighted by Crippen LogP contribution is 2.18. The van der Waals surface area contributed by atoms with Gasteiger partial charge in [-0.2, -0.15) is 0 Å². The summed E-state index contributed by atoms with van der Waals surface area (Å²) in [5.41, 5.74) is 2.11. The van der Waals surface area contributed by atoms with Gasteiger partial charge in [-0.25, -0.2) is 0 Å². The van der Waals surface area contributed by atoms with Crippen LogP contribution in [0.2, 0.25) is 0 Å². The summed E-state index contributed by atoms with van der Waals surface area (Å²) in [5, 5.41) is 5.60. The SMILES string of the molecule is CCOc1ccc(C(=O)CCC(=O)NC(C)c2cccc(NC(C)=O)c2)cc1. The average molecular weight is 382 g/mol. The predicted molar refractivity (Wildman–Crippen MR) is 108 cm³/mol. The van der Waals surface area contributed by atoms with Crippen LogP contribution in [0.15, 0.2) is 48.5 Å². The van der Waals surface area contributed by atoms with Crippen molar-refractivity contribution < 1.29 is 19.1 Å². The summed E-state index contributed by atoms with van der Waals surface area (Å²) < 4.78 is 5.36. The molecule has 0 bridgehead atoms. The molecule has 6 heteroatoms. The number of ketones is 1. The van der Waals surface area contributed by atoms with E-state index in [-0.39, 0.29) is 36.5 Å². The molecule has 0 aliphatic rings. The molecule has 0 radical (unpaired) electrons. The Morgan fingerprint density at radius 2 is 1.75 bits per heavy atom. The highest BCUT2D eigenvalue weighted by Gasteiger charge is 2.13. The fourth-order valence-corrected chi connectivity index (χ4v) is 2.76. The quantitative estimate of drug-likeness (QED) is 0.645. The van der Waals surface area contributed by atoms with Crippen molar-refractivity contribution in [1.82, 2.24) is 5.32 Å². The molecule has 0 fully saturated rings. The zero-order chi connectivity index (χ0) is 20.5. The van der Waals surface area contributed by atoms with E-state index in [2.05, 4.69) is 10.6 Å². The van der Waals surface area contributed by atoms with Gasteiger partial charge < -0.3 is 15.4 Å². The first-order valence-electron chi connectivity index (χ1n) is 9.32. The minimum atomic E-state index is -0.234. The Hall–Kier alpha value is -3.15. The largest absolute Gasteiger partial charge is 0.494 e. The summed E-state index contributed by atoms with van der Waals surface area (Å²) >= 11 is 0. The number of carbonyl (C=O) groups is 3. The first-order valence-corrected chi connectivity index (χ1v) is 9.32. The maximum Gasteiger partial charge on any atom is 0.221 e. The molecule has 1 unspecified atom stereocenters. The fraction of sp³-hybridized carbons (Fsp3) is 0.318. The van der Waals surface area contributed by atoms with Crippen LogP contribution in [0.5, 0.6) is 5.75 Å². The number of amides is 2. The van der Waals surface area contributed by atoms with Crippen molar-refractivity contribution in [3.05, 3.63) is 59.7 Å². The molecule has 28 heavy (non-hydrogen) atoms. The van der Waals surface area contributed by atoms with Crippen molar-refractivity contribution in [3.63, 3.8) is 0 Å². The minimum absolute atomic E-state index is 0.0847. The lowest BCUT2D eigenvalue weighted by atomic mass is 10.0. The molecule has 0 saturated heterocycles. The third-order valence-corrected chi connectivity index (χ3v) is 4.15. The Labute approximate surface area is 165 Å². The van der Waals surface area contributed by atoms with E-state index >= 15 is 0 Å². The van der Waals surface area contributed by atoms with Gasteiger partial charge in [0, 0.05) is 31.0 Å². The number of hydrogen-bond donors (Lipinski definition) is 2. The molecule has 6 nitrogen and oxygen atoms in total. The van der Waals surface area contributed by atoms with Crippen molar-refractivity contribution in [3.8, 4) is 5.75 Å². The molecular formula is C22H26N2O4. The maximum atomic E-state index is 12.3. The molecule has 2 rings (SSSR count). The van der Waals surface area contributed by atoms with Crippen molar-refractivity contribution in [2.45, 2.75) is 39.7 Å². The molecule has 1 atom stereocenters. The molecule has 0 aliphatic heterocycles. The Balaban J connectivity index is 1.86. The number of anilines is 1. The standard InChI is InChI=1S/C22H26N2O4/c1-4-28-20-10-8-17(9-11-20)21(26)12-13-22(27)23-15(2)18-6-5-7-19(14-18)24-16(3)25/h5-11,14-15H,4,12-13H2,1-3H3,(H,23,27)(H,24,25). The van der Waals surface area contributed by atoms with Gasteiger partial charge in [0.05, 0.1) is 12.6 Å². The monoisotopic (exact) mass is 382 g/mol. The third kappa shape index (κ3) is 6.54. The Morgan fingerprint density at radius 3 is 2.39 bits per heavy atom. The molecule has 0 aromatic heterocycles. The van der Waals surface area contributed by atoms with Crippen LogP contribution in [0, 0.1) is 0 Å². The Bertz CT molecular complexity index is 831. The van der Waals surface area contributed by atoms with E-state index in [1.165, 1.54) is 6.92 Å². The van der Waals surface area contributed by atoms with Gasteiger partial charge in [0.2, 0.25) is 11.8 Å². The molecule has 0 spiro atoms. The molecule has 148 valence electrons. The van der Waals surface area contributed by atoms with Gasteiger partial charge in [0.15, 0.2) is 5.78 Å². The smallest absolute Gasteiger partial charge is 0.221 e. The molecular weight excluding hydrogens is 356 g/mol. The summed E-state index contributed by atoms with van der Waals surface area (Å²) in [6.45, 7) is 5.77. The highest BCUT2D eigenvalue weighted by atomic mass is 16.5. The van der Waals surface area contributed by atoms with Crippen LogP contribution in [0.25, 0.3) is 0 Å². The minimum Gasteiger partial charge on any atom is -0.494 e.